The van der Waals surface area contributed by atoms with Crippen LogP contribution in [0.1, 0.15) is 6.92 Å². The summed E-state index contributed by atoms with van der Waals surface area (Å²) in [5.41, 5.74) is 0. The molecule has 1 saturated heterocycles. The molecule has 7 heavy (non-hydrogen) atoms. The molecule has 1 aliphatic heterocycles. The second kappa shape index (κ2) is 2.88. The quantitative estimate of drug-likeness (QED) is 0.496. The van der Waals surface area contributed by atoms with Crippen molar-refractivity contribution in [1.82, 2.24) is 0 Å². The molecule has 0 nitrogen and oxygen atoms in total. The maximum atomic E-state index is 2.30. The Morgan fingerprint density at radius 1 is 1.43 bits per heavy atom. The average molecular weight is 134 g/mol. The summed E-state index contributed by atoms with van der Waals surface area (Å²) >= 11 is 4.18. The highest BCUT2D eigenvalue weighted by Crippen LogP contribution is 2.22. The summed E-state index contributed by atoms with van der Waals surface area (Å²) in [7, 11) is 0. The highest BCUT2D eigenvalue weighted by molar-refractivity contribution is 8.06. The predicted octanol–water partition coefficient (Wildman–Crippen LogP) is 1.85. The Labute approximate surface area is 53.4 Å². The van der Waals surface area contributed by atoms with Gasteiger partial charge in [-0.05, 0) is 0 Å². The van der Waals surface area contributed by atoms with Crippen molar-refractivity contribution in [2.75, 3.05) is 17.3 Å². The third kappa shape index (κ3) is 1.96. The van der Waals surface area contributed by atoms with Crippen molar-refractivity contribution in [3.05, 3.63) is 0 Å². The first kappa shape index (κ1) is 5.83. The lowest BCUT2D eigenvalue weighted by molar-refractivity contribution is 1.11. The fourth-order valence-electron chi connectivity index (χ4n) is 0.606. The number of hydrogen-bond donors (Lipinski definition) is 0. The minimum Gasteiger partial charge on any atom is -0.160 e. The third-order valence-electron chi connectivity index (χ3n) is 0.983. The molecule has 0 radical (unpaired) electrons. The summed E-state index contributed by atoms with van der Waals surface area (Å²) < 4.78 is 0. The van der Waals surface area contributed by atoms with E-state index in [0.29, 0.717) is 0 Å². The summed E-state index contributed by atoms with van der Waals surface area (Å²) in [6.07, 6.45) is 0. The van der Waals surface area contributed by atoms with Crippen LogP contribution in [0.15, 0.2) is 0 Å². The molecule has 1 unspecified atom stereocenters. The number of hydrogen-bond acceptors (Lipinski definition) is 2. The van der Waals surface area contributed by atoms with Crippen molar-refractivity contribution in [3.63, 3.8) is 0 Å². The molecule has 1 aliphatic rings. The van der Waals surface area contributed by atoms with Crippen LogP contribution in [0.5, 0.6) is 0 Å². The zero-order valence-electron chi connectivity index (χ0n) is 4.52. The van der Waals surface area contributed by atoms with E-state index in [1.165, 1.54) is 17.3 Å². The van der Waals surface area contributed by atoms with E-state index in [1.807, 2.05) is 0 Å². The molecular weight excluding hydrogens is 124 g/mol. The molecule has 1 rings (SSSR count). The molecule has 1 fully saturated rings. The average Bonchev–Trinajstić information content (AvgIpc) is 1.69. The van der Waals surface area contributed by atoms with Crippen LogP contribution in [0.2, 0.25) is 0 Å². The van der Waals surface area contributed by atoms with Gasteiger partial charge < -0.3 is 0 Å². The van der Waals surface area contributed by atoms with Crippen LogP contribution in [-0.4, -0.2) is 22.5 Å². The summed E-state index contributed by atoms with van der Waals surface area (Å²) in [5, 5.41) is 0.916. The van der Waals surface area contributed by atoms with Crippen LogP contribution in [-0.2, 0) is 0 Å². The maximum Gasteiger partial charge on any atom is 0.0110 e. The Hall–Kier alpha value is 0.700. The van der Waals surface area contributed by atoms with Gasteiger partial charge in [-0.15, -0.1) is 0 Å². The van der Waals surface area contributed by atoms with E-state index in [1.54, 1.807) is 0 Å². The van der Waals surface area contributed by atoms with E-state index >= 15 is 0 Å². The van der Waals surface area contributed by atoms with Crippen LogP contribution in [0.4, 0.5) is 0 Å². The molecule has 0 bridgehead atoms. The van der Waals surface area contributed by atoms with Gasteiger partial charge in [-0.25, -0.2) is 0 Å². The highest BCUT2D eigenvalue weighted by atomic mass is 32.2. The summed E-state index contributed by atoms with van der Waals surface area (Å²) in [4.78, 5) is 0. The van der Waals surface area contributed by atoms with Crippen molar-refractivity contribution in [2.45, 2.75) is 12.2 Å². The first-order valence-corrected chi connectivity index (χ1v) is 4.79. The van der Waals surface area contributed by atoms with Gasteiger partial charge in [0.2, 0.25) is 0 Å². The van der Waals surface area contributed by atoms with Gasteiger partial charge in [0.25, 0.3) is 0 Å². The molecule has 1 atom stereocenters. The lowest BCUT2D eigenvalue weighted by Crippen LogP contribution is -2.08. The lowest BCUT2D eigenvalue weighted by atomic mass is 10.6. The first-order valence-electron chi connectivity index (χ1n) is 2.59. The highest BCUT2D eigenvalue weighted by Gasteiger charge is 2.06. The first-order chi connectivity index (χ1) is 3.39. The molecule has 0 aromatic carbocycles. The van der Waals surface area contributed by atoms with Gasteiger partial charge in [0.05, 0.1) is 0 Å². The van der Waals surface area contributed by atoms with Gasteiger partial charge in [-0.2, -0.15) is 23.5 Å². The molecule has 0 aromatic heterocycles. The summed E-state index contributed by atoms with van der Waals surface area (Å²) in [5.74, 6) is 4.10. The zero-order chi connectivity index (χ0) is 5.11. The second-order valence-corrected chi connectivity index (χ2v) is 4.45. The Morgan fingerprint density at radius 3 is 2.57 bits per heavy atom. The maximum absolute atomic E-state index is 2.30. The second-order valence-electron chi connectivity index (χ2n) is 1.76. The topological polar surface area (TPSA) is 0 Å². The summed E-state index contributed by atoms with van der Waals surface area (Å²) in [6.45, 7) is 2.30. The van der Waals surface area contributed by atoms with Gasteiger partial charge in [-0.1, -0.05) is 6.92 Å². The van der Waals surface area contributed by atoms with E-state index in [9.17, 15) is 0 Å². The minimum atomic E-state index is 0.916. The normalized spacial score (nSPS) is 33.0. The monoisotopic (exact) mass is 134 g/mol. The van der Waals surface area contributed by atoms with Crippen LogP contribution in [0.3, 0.4) is 0 Å². The van der Waals surface area contributed by atoms with Crippen molar-refractivity contribution in [1.29, 1.82) is 0 Å². The van der Waals surface area contributed by atoms with Crippen molar-refractivity contribution in [3.8, 4) is 0 Å². The van der Waals surface area contributed by atoms with Crippen LogP contribution in [0.25, 0.3) is 0 Å². The van der Waals surface area contributed by atoms with Crippen molar-refractivity contribution in [2.24, 2.45) is 0 Å². The molecule has 0 aromatic rings. The lowest BCUT2D eigenvalue weighted by Gasteiger charge is -2.15. The standard InChI is InChI=1S/C5H10S2/c1-5-4-6-2-3-7-5/h5H,2-4H2,1H3. The molecule has 0 aliphatic carbocycles. The Bertz CT molecular complexity index is 48.0. The molecule has 0 spiro atoms. The molecule has 0 saturated carbocycles. The molecule has 1 heterocycles. The molecule has 42 valence electrons. The SMILES string of the molecule is CC1CSCCS1. The van der Waals surface area contributed by atoms with E-state index < -0.39 is 0 Å². The molecule has 0 N–H and O–H groups in total. The smallest absolute Gasteiger partial charge is 0.0110 e. The van der Waals surface area contributed by atoms with Gasteiger partial charge in [-0.3, -0.25) is 0 Å². The predicted molar refractivity (Wildman–Crippen MR) is 39.2 cm³/mol. The van der Waals surface area contributed by atoms with E-state index in [4.69, 9.17) is 0 Å². The van der Waals surface area contributed by atoms with Gasteiger partial charge in [0.1, 0.15) is 0 Å². The molecule has 0 amide bonds. The van der Waals surface area contributed by atoms with E-state index in [-0.39, 0.29) is 0 Å². The van der Waals surface area contributed by atoms with Crippen LogP contribution >= 0.6 is 23.5 Å². The van der Waals surface area contributed by atoms with Gasteiger partial charge >= 0.3 is 0 Å². The Morgan fingerprint density at radius 2 is 2.29 bits per heavy atom. The summed E-state index contributed by atoms with van der Waals surface area (Å²) in [6, 6.07) is 0. The van der Waals surface area contributed by atoms with Crippen LogP contribution in [0, 0.1) is 0 Å². The minimum absolute atomic E-state index is 0.916. The number of thioether (sulfide) groups is 2. The fraction of sp³-hybridized carbons (Fsp3) is 1.00. The van der Waals surface area contributed by atoms with E-state index in [0.717, 1.165) is 5.25 Å². The third-order valence-corrected chi connectivity index (χ3v) is 3.86. The largest absolute Gasteiger partial charge is 0.160 e. The number of rotatable bonds is 0. The van der Waals surface area contributed by atoms with Crippen LogP contribution < -0.4 is 0 Å². The zero-order valence-corrected chi connectivity index (χ0v) is 6.15. The Balaban J connectivity index is 2.12. The molecular formula is C5H10S2. The Kier molecular flexibility index (Phi) is 2.40. The van der Waals surface area contributed by atoms with Crippen molar-refractivity contribution >= 4 is 23.5 Å². The molecule has 2 heteroatoms. The van der Waals surface area contributed by atoms with Crippen molar-refractivity contribution < 1.29 is 0 Å². The van der Waals surface area contributed by atoms with Gasteiger partial charge in [0.15, 0.2) is 0 Å². The fourth-order valence-corrected chi connectivity index (χ4v) is 3.04. The van der Waals surface area contributed by atoms with E-state index in [2.05, 4.69) is 30.4 Å². The van der Waals surface area contributed by atoms with Gasteiger partial charge in [0, 0.05) is 22.5 Å².